The molecule has 1 fully saturated rings. The fraction of sp³-hybridized carbons (Fsp3) is 0.286. The van der Waals surface area contributed by atoms with Crippen molar-refractivity contribution in [1.82, 2.24) is 10.3 Å². The summed E-state index contributed by atoms with van der Waals surface area (Å²) in [5.74, 6) is -1.96. The fourth-order valence-corrected chi connectivity index (χ4v) is 3.53. The van der Waals surface area contributed by atoms with Crippen LogP contribution in [0.15, 0.2) is 42.7 Å². The second-order valence-electron chi connectivity index (χ2n) is 7.28. The number of alkyl halides is 3. The molecule has 0 unspecified atom stereocenters. The molecule has 3 N–H and O–H groups in total. The maximum atomic E-state index is 14.2. The maximum Gasteiger partial charge on any atom is 0.419 e. The van der Waals surface area contributed by atoms with Crippen LogP contribution in [0.5, 0.6) is 5.75 Å². The van der Waals surface area contributed by atoms with Crippen molar-refractivity contribution in [3.63, 3.8) is 0 Å². The van der Waals surface area contributed by atoms with E-state index in [2.05, 4.69) is 10.3 Å². The van der Waals surface area contributed by atoms with Crippen LogP contribution in [0, 0.1) is 11.6 Å². The minimum atomic E-state index is -4.84. The van der Waals surface area contributed by atoms with Crippen molar-refractivity contribution in [3.05, 3.63) is 65.5 Å². The van der Waals surface area contributed by atoms with E-state index in [9.17, 15) is 22.0 Å². The van der Waals surface area contributed by atoms with Crippen LogP contribution < -0.4 is 15.8 Å². The number of rotatable bonds is 5. The van der Waals surface area contributed by atoms with E-state index in [1.165, 1.54) is 6.07 Å². The fourth-order valence-electron chi connectivity index (χ4n) is 3.53. The lowest BCUT2D eigenvalue weighted by Gasteiger charge is -2.36. The number of pyridine rings is 1. The Balaban J connectivity index is 0.00000272. The summed E-state index contributed by atoms with van der Waals surface area (Å²) in [5, 5.41) is 4.83. The molecule has 1 aromatic heterocycles. The lowest BCUT2D eigenvalue weighted by molar-refractivity contribution is -0.140. The molecule has 31 heavy (non-hydrogen) atoms. The number of halogens is 6. The average molecular weight is 460 g/mol. The van der Waals surface area contributed by atoms with Gasteiger partial charge in [-0.1, -0.05) is 0 Å². The molecule has 1 aliphatic carbocycles. The van der Waals surface area contributed by atoms with Gasteiger partial charge < -0.3 is 15.8 Å². The summed E-state index contributed by atoms with van der Waals surface area (Å²) in [6.45, 7) is 0.293. The summed E-state index contributed by atoms with van der Waals surface area (Å²) in [6.07, 6.45) is -0.928. The van der Waals surface area contributed by atoms with E-state index in [1.54, 1.807) is 24.5 Å². The molecule has 10 heteroatoms. The molecule has 0 saturated heterocycles. The predicted octanol–water partition coefficient (Wildman–Crippen LogP) is 5.24. The third-order valence-corrected chi connectivity index (χ3v) is 5.24. The zero-order chi connectivity index (χ0) is 21.5. The summed E-state index contributed by atoms with van der Waals surface area (Å²) < 4.78 is 71.9. The first-order chi connectivity index (χ1) is 14.2. The van der Waals surface area contributed by atoms with Crippen LogP contribution in [0.2, 0.25) is 0 Å². The number of nitrogens with two attached hydrogens (primary N) is 1. The lowest BCUT2D eigenvalue weighted by atomic mass is 9.88. The minimum absolute atomic E-state index is 0. The van der Waals surface area contributed by atoms with Crippen LogP contribution in [-0.4, -0.2) is 17.1 Å². The van der Waals surface area contributed by atoms with Crippen LogP contribution in [-0.2, 0) is 12.7 Å². The summed E-state index contributed by atoms with van der Waals surface area (Å²) >= 11 is 0. The minimum Gasteiger partial charge on any atom is -0.488 e. The molecule has 4 nitrogen and oxygen atoms in total. The van der Waals surface area contributed by atoms with Crippen molar-refractivity contribution >= 4 is 28.9 Å². The number of benzene rings is 2. The van der Waals surface area contributed by atoms with Gasteiger partial charge in [-0.25, -0.2) is 8.78 Å². The Kier molecular flexibility index (Phi) is 6.56. The van der Waals surface area contributed by atoms with Gasteiger partial charge in [0.1, 0.15) is 23.5 Å². The van der Waals surface area contributed by atoms with Gasteiger partial charge >= 0.3 is 6.18 Å². The molecule has 0 atom stereocenters. The summed E-state index contributed by atoms with van der Waals surface area (Å²) in [7, 11) is 0. The first-order valence-corrected chi connectivity index (χ1v) is 9.29. The molecule has 0 spiro atoms. The largest absolute Gasteiger partial charge is 0.488 e. The zero-order valence-electron chi connectivity index (χ0n) is 16.0. The Hall–Kier alpha value is -2.65. The Morgan fingerprint density at radius 3 is 2.55 bits per heavy atom. The summed E-state index contributed by atoms with van der Waals surface area (Å²) in [4.78, 5) is 4.03. The number of fused-ring (bicyclic) bond motifs is 1. The predicted molar refractivity (Wildman–Crippen MR) is 109 cm³/mol. The van der Waals surface area contributed by atoms with E-state index in [-0.39, 0.29) is 41.8 Å². The number of nitrogens with one attached hydrogen (secondary N) is 1. The molecule has 4 rings (SSSR count). The van der Waals surface area contributed by atoms with Crippen LogP contribution >= 0.6 is 12.4 Å². The Labute approximate surface area is 181 Å². The number of nitrogen functional groups attached to an aromatic ring is 1. The van der Waals surface area contributed by atoms with Gasteiger partial charge in [-0.2, -0.15) is 13.2 Å². The van der Waals surface area contributed by atoms with E-state index in [4.69, 9.17) is 10.5 Å². The Morgan fingerprint density at radius 2 is 1.84 bits per heavy atom. The maximum absolute atomic E-state index is 14.2. The highest BCUT2D eigenvalue weighted by atomic mass is 35.5. The summed E-state index contributed by atoms with van der Waals surface area (Å²) in [6, 6.07) is 6.02. The topological polar surface area (TPSA) is 60.2 Å². The molecule has 0 bridgehead atoms. The molecule has 1 heterocycles. The van der Waals surface area contributed by atoms with Gasteiger partial charge in [0.2, 0.25) is 0 Å². The Morgan fingerprint density at radius 1 is 1.10 bits per heavy atom. The first kappa shape index (κ1) is 23.0. The summed E-state index contributed by atoms with van der Waals surface area (Å²) in [5.41, 5.74) is 4.52. The molecular weight excluding hydrogens is 441 g/mol. The highest BCUT2D eigenvalue weighted by Crippen LogP contribution is 2.38. The van der Waals surface area contributed by atoms with Gasteiger partial charge in [-0.15, -0.1) is 12.4 Å². The number of hydrogen-bond acceptors (Lipinski definition) is 4. The van der Waals surface area contributed by atoms with Gasteiger partial charge in [-0.3, -0.25) is 4.98 Å². The molecular formula is C21H19ClF5N3O. The first-order valence-electron chi connectivity index (χ1n) is 9.29. The van der Waals surface area contributed by atoms with E-state index >= 15 is 0 Å². The van der Waals surface area contributed by atoms with Crippen molar-refractivity contribution in [3.8, 4) is 5.75 Å². The van der Waals surface area contributed by atoms with Crippen LogP contribution in [0.25, 0.3) is 10.8 Å². The van der Waals surface area contributed by atoms with Crippen LogP contribution in [0.4, 0.5) is 27.6 Å². The highest BCUT2D eigenvalue weighted by Gasteiger charge is 2.36. The third-order valence-electron chi connectivity index (χ3n) is 5.24. The molecule has 3 aromatic rings. The molecule has 1 aliphatic rings. The monoisotopic (exact) mass is 459 g/mol. The number of anilines is 1. The SMILES string of the molecule is Cl.Nc1cc(F)c(C(F)(F)F)cc1OC1CC(NCc2c(F)ccc3cnccc23)C1. The molecule has 1 saturated carbocycles. The second kappa shape index (κ2) is 8.84. The number of ether oxygens (including phenoxy) is 1. The second-order valence-corrected chi connectivity index (χ2v) is 7.28. The van der Waals surface area contributed by atoms with Gasteiger partial charge in [0, 0.05) is 42.0 Å². The van der Waals surface area contributed by atoms with Crippen molar-refractivity contribution in [2.45, 2.75) is 37.7 Å². The Bertz CT molecular complexity index is 1090. The smallest absolute Gasteiger partial charge is 0.419 e. The van der Waals surface area contributed by atoms with E-state index in [0.29, 0.717) is 37.1 Å². The normalized spacial score (nSPS) is 18.4. The van der Waals surface area contributed by atoms with Crippen molar-refractivity contribution in [2.24, 2.45) is 0 Å². The van der Waals surface area contributed by atoms with Crippen LogP contribution in [0.3, 0.4) is 0 Å². The highest BCUT2D eigenvalue weighted by molar-refractivity contribution is 5.85. The van der Waals surface area contributed by atoms with E-state index in [0.717, 1.165) is 10.8 Å². The molecule has 2 aromatic carbocycles. The van der Waals surface area contributed by atoms with Crippen molar-refractivity contribution < 1.29 is 26.7 Å². The number of hydrogen-bond donors (Lipinski definition) is 2. The number of aromatic nitrogens is 1. The van der Waals surface area contributed by atoms with Gasteiger partial charge in [0.05, 0.1) is 11.3 Å². The molecule has 0 amide bonds. The quantitative estimate of drug-likeness (QED) is 0.405. The molecule has 0 aliphatic heterocycles. The van der Waals surface area contributed by atoms with Gasteiger partial charge in [0.15, 0.2) is 0 Å². The standard InChI is InChI=1S/C21H18F5N3O.ClH/c22-17-2-1-11-9-28-4-3-14(11)15(17)10-29-12-5-13(6-12)30-20-7-16(21(24,25)26)18(23)8-19(20)27;/h1-4,7-9,12-13,29H,5-6,10,27H2;1H. The van der Waals surface area contributed by atoms with E-state index in [1.807, 2.05) is 0 Å². The average Bonchev–Trinajstić information content (AvgIpc) is 2.65. The lowest BCUT2D eigenvalue weighted by Crippen LogP contribution is -2.46. The van der Waals surface area contributed by atoms with Crippen molar-refractivity contribution in [1.29, 1.82) is 0 Å². The number of nitrogens with zero attached hydrogens (tertiary/aromatic N) is 1. The van der Waals surface area contributed by atoms with Gasteiger partial charge in [0.25, 0.3) is 0 Å². The molecule has 0 radical (unpaired) electrons. The third kappa shape index (κ3) is 4.83. The van der Waals surface area contributed by atoms with Gasteiger partial charge in [-0.05, 0) is 42.5 Å². The van der Waals surface area contributed by atoms with Crippen LogP contribution in [0.1, 0.15) is 24.0 Å². The zero-order valence-corrected chi connectivity index (χ0v) is 16.9. The van der Waals surface area contributed by atoms with Crippen molar-refractivity contribution in [2.75, 3.05) is 5.73 Å². The van der Waals surface area contributed by atoms with E-state index < -0.39 is 17.6 Å². The molecule has 166 valence electrons.